The number of benzene rings is 1. The summed E-state index contributed by atoms with van der Waals surface area (Å²) >= 11 is 7.01. The summed E-state index contributed by atoms with van der Waals surface area (Å²) in [7, 11) is 0. The van der Waals surface area contributed by atoms with Crippen molar-refractivity contribution in [3.05, 3.63) is 52.5 Å². The van der Waals surface area contributed by atoms with Gasteiger partial charge in [-0.2, -0.15) is 0 Å². The third-order valence-corrected chi connectivity index (χ3v) is 3.50. The number of carbonyl (C=O) groups excluding carboxylic acids is 1. The average molecular weight is 293 g/mol. The SMILES string of the molecule is Cc1ccc(/C=C/C(=O)Nc2nc(CCl)cs2)cc1. The lowest BCUT2D eigenvalue weighted by molar-refractivity contribution is -0.111. The molecule has 3 nitrogen and oxygen atoms in total. The Labute approximate surface area is 120 Å². The monoisotopic (exact) mass is 292 g/mol. The molecule has 1 N–H and O–H groups in total. The summed E-state index contributed by atoms with van der Waals surface area (Å²) in [5, 5.41) is 5.09. The molecule has 98 valence electrons. The van der Waals surface area contributed by atoms with E-state index in [-0.39, 0.29) is 5.91 Å². The molecule has 2 aromatic rings. The topological polar surface area (TPSA) is 42.0 Å². The Kier molecular flexibility index (Phi) is 4.71. The molecule has 0 spiro atoms. The molecular weight excluding hydrogens is 280 g/mol. The minimum atomic E-state index is -0.198. The number of halogens is 1. The first-order chi connectivity index (χ1) is 9.17. The van der Waals surface area contributed by atoms with Crippen molar-refractivity contribution in [3.8, 4) is 0 Å². The first-order valence-electron chi connectivity index (χ1n) is 5.73. The molecule has 0 aliphatic rings. The van der Waals surface area contributed by atoms with E-state index in [4.69, 9.17) is 11.6 Å². The highest BCUT2D eigenvalue weighted by atomic mass is 35.5. The molecule has 1 aromatic carbocycles. The second-order valence-corrected chi connectivity index (χ2v) is 5.14. The van der Waals surface area contributed by atoms with Crippen LogP contribution in [0.1, 0.15) is 16.8 Å². The minimum Gasteiger partial charge on any atom is -0.298 e. The molecule has 0 radical (unpaired) electrons. The summed E-state index contributed by atoms with van der Waals surface area (Å²) < 4.78 is 0. The fourth-order valence-corrected chi connectivity index (χ4v) is 2.36. The number of alkyl halides is 1. The standard InChI is InChI=1S/C14H13ClN2OS/c1-10-2-4-11(5-3-10)6-7-13(18)17-14-16-12(8-15)9-19-14/h2-7,9H,8H2,1H3,(H,16,17,18)/b7-6+. The summed E-state index contributed by atoms with van der Waals surface area (Å²) in [5.74, 6) is 0.155. The van der Waals surface area contributed by atoms with Crippen molar-refractivity contribution in [1.82, 2.24) is 4.98 Å². The minimum absolute atomic E-state index is 0.198. The second-order valence-electron chi connectivity index (χ2n) is 4.01. The van der Waals surface area contributed by atoms with Gasteiger partial charge in [-0.3, -0.25) is 10.1 Å². The second kappa shape index (κ2) is 6.50. The van der Waals surface area contributed by atoms with Crippen molar-refractivity contribution < 1.29 is 4.79 Å². The highest BCUT2D eigenvalue weighted by Gasteiger charge is 2.03. The van der Waals surface area contributed by atoms with Crippen molar-refractivity contribution in [2.75, 3.05) is 5.32 Å². The zero-order valence-corrected chi connectivity index (χ0v) is 12.0. The average Bonchev–Trinajstić information content (AvgIpc) is 2.86. The van der Waals surface area contributed by atoms with Gasteiger partial charge in [0.25, 0.3) is 0 Å². The molecule has 1 amide bonds. The van der Waals surface area contributed by atoms with E-state index in [1.54, 1.807) is 6.08 Å². The fourth-order valence-electron chi connectivity index (χ4n) is 1.42. The Balaban J connectivity index is 1.95. The maximum atomic E-state index is 11.7. The van der Waals surface area contributed by atoms with Crippen molar-refractivity contribution >= 4 is 40.1 Å². The van der Waals surface area contributed by atoms with E-state index >= 15 is 0 Å². The molecule has 0 unspecified atom stereocenters. The molecular formula is C14H13ClN2OS. The number of rotatable bonds is 4. The molecule has 0 bridgehead atoms. The summed E-state index contributed by atoms with van der Waals surface area (Å²) in [5.41, 5.74) is 2.95. The number of nitrogens with zero attached hydrogens (tertiary/aromatic N) is 1. The van der Waals surface area contributed by atoms with Gasteiger partial charge in [0.2, 0.25) is 5.91 Å². The lowest BCUT2D eigenvalue weighted by atomic mass is 10.1. The number of aromatic nitrogens is 1. The summed E-state index contributed by atoms with van der Waals surface area (Å²) in [6.07, 6.45) is 3.26. The first kappa shape index (κ1) is 13.8. The molecule has 0 saturated carbocycles. The zero-order chi connectivity index (χ0) is 13.7. The summed E-state index contributed by atoms with van der Waals surface area (Å²) in [6.45, 7) is 2.02. The maximum Gasteiger partial charge on any atom is 0.250 e. The third-order valence-electron chi connectivity index (χ3n) is 2.42. The molecule has 1 heterocycles. The molecule has 0 atom stereocenters. The van der Waals surface area contributed by atoms with Gasteiger partial charge < -0.3 is 0 Å². The van der Waals surface area contributed by atoms with Crippen LogP contribution in [0.3, 0.4) is 0 Å². The predicted octanol–water partition coefficient (Wildman–Crippen LogP) is 3.84. The van der Waals surface area contributed by atoms with Crippen LogP contribution in [0.2, 0.25) is 0 Å². The Morgan fingerprint density at radius 3 is 2.79 bits per heavy atom. The Morgan fingerprint density at radius 1 is 1.42 bits per heavy atom. The van der Waals surface area contributed by atoms with Gasteiger partial charge in [0.15, 0.2) is 5.13 Å². The fraction of sp³-hybridized carbons (Fsp3) is 0.143. The van der Waals surface area contributed by atoms with Gasteiger partial charge in [0.1, 0.15) is 0 Å². The first-order valence-corrected chi connectivity index (χ1v) is 7.15. The van der Waals surface area contributed by atoms with Crippen LogP contribution in [0.4, 0.5) is 5.13 Å². The van der Waals surface area contributed by atoms with Gasteiger partial charge in [0, 0.05) is 11.5 Å². The molecule has 5 heteroatoms. The van der Waals surface area contributed by atoms with E-state index in [9.17, 15) is 4.79 Å². The zero-order valence-electron chi connectivity index (χ0n) is 10.4. The van der Waals surface area contributed by atoms with Crippen molar-refractivity contribution in [3.63, 3.8) is 0 Å². The van der Waals surface area contributed by atoms with E-state index in [1.807, 2.05) is 36.6 Å². The van der Waals surface area contributed by atoms with E-state index in [0.29, 0.717) is 11.0 Å². The molecule has 19 heavy (non-hydrogen) atoms. The van der Waals surface area contributed by atoms with E-state index < -0.39 is 0 Å². The van der Waals surface area contributed by atoms with Crippen LogP contribution in [0.5, 0.6) is 0 Å². The predicted molar refractivity (Wildman–Crippen MR) is 80.5 cm³/mol. The van der Waals surface area contributed by atoms with Crippen molar-refractivity contribution in [2.45, 2.75) is 12.8 Å². The number of nitrogens with one attached hydrogen (secondary N) is 1. The number of hydrogen-bond donors (Lipinski definition) is 1. The van der Waals surface area contributed by atoms with Crippen LogP contribution in [0, 0.1) is 6.92 Å². The molecule has 0 fully saturated rings. The Bertz CT molecular complexity index is 590. The molecule has 0 saturated heterocycles. The van der Waals surface area contributed by atoms with Crippen LogP contribution < -0.4 is 5.32 Å². The Morgan fingerprint density at radius 2 is 2.16 bits per heavy atom. The molecule has 0 aliphatic heterocycles. The van der Waals surface area contributed by atoms with Gasteiger partial charge in [-0.05, 0) is 18.6 Å². The smallest absolute Gasteiger partial charge is 0.250 e. The van der Waals surface area contributed by atoms with Crippen molar-refractivity contribution in [2.24, 2.45) is 0 Å². The Hall–Kier alpha value is -1.65. The normalized spacial score (nSPS) is 10.8. The molecule has 1 aromatic heterocycles. The largest absolute Gasteiger partial charge is 0.298 e. The summed E-state index contributed by atoms with van der Waals surface area (Å²) in [4.78, 5) is 15.8. The van der Waals surface area contributed by atoms with Crippen LogP contribution in [0.15, 0.2) is 35.7 Å². The molecule has 2 rings (SSSR count). The number of carbonyl (C=O) groups is 1. The number of amides is 1. The highest BCUT2D eigenvalue weighted by Crippen LogP contribution is 2.16. The lowest BCUT2D eigenvalue weighted by Crippen LogP contribution is -2.07. The van der Waals surface area contributed by atoms with Gasteiger partial charge in [0.05, 0.1) is 11.6 Å². The van der Waals surface area contributed by atoms with E-state index in [0.717, 1.165) is 11.3 Å². The van der Waals surface area contributed by atoms with Crippen LogP contribution in [-0.2, 0) is 10.7 Å². The number of hydrogen-bond acceptors (Lipinski definition) is 3. The van der Waals surface area contributed by atoms with E-state index in [1.165, 1.54) is 23.0 Å². The van der Waals surface area contributed by atoms with Crippen LogP contribution in [-0.4, -0.2) is 10.9 Å². The quantitative estimate of drug-likeness (QED) is 0.687. The van der Waals surface area contributed by atoms with Crippen molar-refractivity contribution in [1.29, 1.82) is 0 Å². The maximum absolute atomic E-state index is 11.7. The molecule has 0 aliphatic carbocycles. The van der Waals surface area contributed by atoms with Gasteiger partial charge in [-0.25, -0.2) is 4.98 Å². The lowest BCUT2D eigenvalue weighted by Gasteiger charge is -1.96. The number of aryl methyl sites for hydroxylation is 1. The van der Waals surface area contributed by atoms with Gasteiger partial charge in [-0.1, -0.05) is 29.8 Å². The highest BCUT2D eigenvalue weighted by molar-refractivity contribution is 7.14. The van der Waals surface area contributed by atoms with Crippen LogP contribution >= 0.6 is 22.9 Å². The number of thiazole rings is 1. The summed E-state index contributed by atoms with van der Waals surface area (Å²) in [6, 6.07) is 7.94. The van der Waals surface area contributed by atoms with E-state index in [2.05, 4.69) is 10.3 Å². The van der Waals surface area contributed by atoms with Gasteiger partial charge >= 0.3 is 0 Å². The number of anilines is 1. The third kappa shape index (κ3) is 4.19. The van der Waals surface area contributed by atoms with Gasteiger partial charge in [-0.15, -0.1) is 22.9 Å². The van der Waals surface area contributed by atoms with Crippen LogP contribution in [0.25, 0.3) is 6.08 Å².